The molecule has 0 bridgehead atoms. The minimum Gasteiger partial charge on any atom is -0.497 e. The van der Waals surface area contributed by atoms with Gasteiger partial charge in [-0.3, -0.25) is 9.59 Å². The number of hydrogen-bond donors (Lipinski definition) is 1. The van der Waals surface area contributed by atoms with Crippen molar-refractivity contribution in [3.8, 4) is 11.5 Å². The number of benzene rings is 3. The molecule has 2 heterocycles. The molecule has 0 saturated carbocycles. The Labute approximate surface area is 260 Å². The number of amides is 2. The molecule has 5 rings (SSSR count). The number of ether oxygens (including phenoxy) is 2. The maximum Gasteiger partial charge on any atom is 0.253 e. The molecule has 1 aliphatic rings. The number of aromatic nitrogens is 3. The van der Waals surface area contributed by atoms with E-state index >= 15 is 0 Å². The number of hydrazone groups is 1. The molecule has 0 spiro atoms. The van der Waals surface area contributed by atoms with Gasteiger partial charge in [-0.15, -0.1) is 10.2 Å². The molecule has 0 fully saturated rings. The Kier molecular flexibility index (Phi) is 9.41. The predicted molar refractivity (Wildman–Crippen MR) is 164 cm³/mol. The highest BCUT2D eigenvalue weighted by Crippen LogP contribution is 2.34. The summed E-state index contributed by atoms with van der Waals surface area (Å²) < 4.78 is 26.8. The maximum atomic E-state index is 13.6. The summed E-state index contributed by atoms with van der Waals surface area (Å²) in [6.45, 7) is 0.121. The van der Waals surface area contributed by atoms with Crippen molar-refractivity contribution < 1.29 is 23.5 Å². The number of carbonyl (C=O) groups excluding carboxylic acids is 2. The lowest BCUT2D eigenvalue weighted by molar-refractivity contribution is -0.130. The predicted octanol–water partition coefficient (Wildman–Crippen LogP) is 5.13. The first-order chi connectivity index (χ1) is 20.7. The summed E-state index contributed by atoms with van der Waals surface area (Å²) in [5, 5.41) is 17.9. The molecule has 0 aliphatic carbocycles. The normalized spacial score (nSPS) is 14.4. The van der Waals surface area contributed by atoms with Gasteiger partial charge in [0.15, 0.2) is 11.0 Å². The highest BCUT2D eigenvalue weighted by Gasteiger charge is 2.33. The number of nitrogens with zero attached hydrogens (tertiary/aromatic N) is 5. The SMILES string of the molecule is COc1cc(OC)cc(C(=O)NCc2nnc(SCC(=O)N3N=C(c4ccc(Br)cc4)CC3c3ccc(F)cc3)n2C)c1. The van der Waals surface area contributed by atoms with Crippen LogP contribution < -0.4 is 14.8 Å². The van der Waals surface area contributed by atoms with Gasteiger partial charge in [0, 0.05) is 29.6 Å². The first kappa shape index (κ1) is 30.2. The highest BCUT2D eigenvalue weighted by molar-refractivity contribution is 9.10. The van der Waals surface area contributed by atoms with E-state index < -0.39 is 0 Å². The van der Waals surface area contributed by atoms with Crippen LogP contribution in [0.2, 0.25) is 0 Å². The van der Waals surface area contributed by atoms with Gasteiger partial charge in [0.2, 0.25) is 0 Å². The van der Waals surface area contributed by atoms with Crippen molar-refractivity contribution in [3.63, 3.8) is 0 Å². The quantitative estimate of drug-likeness (QED) is 0.234. The zero-order valence-electron chi connectivity index (χ0n) is 23.6. The van der Waals surface area contributed by atoms with Crippen molar-refractivity contribution in [1.82, 2.24) is 25.1 Å². The van der Waals surface area contributed by atoms with Gasteiger partial charge in [0.25, 0.3) is 11.8 Å². The molecule has 2 amide bonds. The van der Waals surface area contributed by atoms with E-state index in [4.69, 9.17) is 9.47 Å². The van der Waals surface area contributed by atoms with E-state index in [9.17, 15) is 14.0 Å². The van der Waals surface area contributed by atoms with Gasteiger partial charge in [-0.1, -0.05) is 52.0 Å². The molecule has 0 saturated heterocycles. The second-order valence-corrected chi connectivity index (χ2v) is 11.5. The first-order valence-electron chi connectivity index (χ1n) is 13.2. The van der Waals surface area contributed by atoms with Crippen LogP contribution in [-0.2, 0) is 18.4 Å². The molecule has 1 atom stereocenters. The third-order valence-corrected chi connectivity index (χ3v) is 8.40. The molecular weight excluding hydrogens is 639 g/mol. The molecule has 3 aromatic carbocycles. The smallest absolute Gasteiger partial charge is 0.253 e. The van der Waals surface area contributed by atoms with Gasteiger partial charge in [0.05, 0.1) is 38.3 Å². The summed E-state index contributed by atoms with van der Waals surface area (Å²) in [5.74, 6) is 0.664. The van der Waals surface area contributed by atoms with E-state index in [1.54, 1.807) is 41.9 Å². The van der Waals surface area contributed by atoms with E-state index in [0.29, 0.717) is 34.5 Å². The van der Waals surface area contributed by atoms with E-state index in [1.807, 2.05) is 24.3 Å². The topological polar surface area (TPSA) is 111 Å². The van der Waals surface area contributed by atoms with E-state index in [1.165, 1.54) is 43.1 Å². The van der Waals surface area contributed by atoms with Crippen molar-refractivity contribution in [1.29, 1.82) is 0 Å². The molecule has 1 N–H and O–H groups in total. The van der Waals surface area contributed by atoms with E-state index in [2.05, 4.69) is 36.5 Å². The minimum absolute atomic E-state index is 0.0523. The minimum atomic E-state index is -0.368. The number of halogens is 2. The van der Waals surface area contributed by atoms with Gasteiger partial charge in [-0.05, 0) is 47.5 Å². The van der Waals surface area contributed by atoms with Crippen molar-refractivity contribution >= 4 is 45.2 Å². The number of rotatable bonds is 10. The van der Waals surface area contributed by atoms with Crippen LogP contribution in [0.15, 0.2) is 81.5 Å². The number of nitrogens with one attached hydrogen (secondary N) is 1. The summed E-state index contributed by atoms with van der Waals surface area (Å²) in [5.41, 5.74) is 2.85. The van der Waals surface area contributed by atoms with Crippen LogP contribution in [0.4, 0.5) is 4.39 Å². The van der Waals surface area contributed by atoms with Crippen molar-refractivity contribution in [2.75, 3.05) is 20.0 Å². The fourth-order valence-electron chi connectivity index (χ4n) is 4.52. The zero-order valence-corrected chi connectivity index (χ0v) is 26.0. The summed E-state index contributed by atoms with van der Waals surface area (Å²) in [6.07, 6.45) is 0.497. The Morgan fingerprint density at radius 2 is 1.70 bits per heavy atom. The van der Waals surface area contributed by atoms with E-state index in [-0.39, 0.29) is 36.0 Å². The fourth-order valence-corrected chi connectivity index (χ4v) is 5.57. The highest BCUT2D eigenvalue weighted by atomic mass is 79.9. The Morgan fingerprint density at radius 1 is 1.02 bits per heavy atom. The van der Waals surface area contributed by atoms with Gasteiger partial charge in [0.1, 0.15) is 17.3 Å². The lowest BCUT2D eigenvalue weighted by Gasteiger charge is -2.22. The van der Waals surface area contributed by atoms with Crippen LogP contribution in [0.1, 0.15) is 39.8 Å². The van der Waals surface area contributed by atoms with Crippen LogP contribution >= 0.6 is 27.7 Å². The van der Waals surface area contributed by atoms with E-state index in [0.717, 1.165) is 21.3 Å². The molecule has 43 heavy (non-hydrogen) atoms. The standard InChI is InChI=1S/C30H28BrFN6O4S/c1-37-27(16-33-29(40)20-12-23(41-2)14-24(13-20)42-3)34-35-30(37)43-17-28(39)38-26(19-6-10-22(32)11-7-19)15-25(36-38)18-4-8-21(31)9-5-18/h4-14,26H,15-17H2,1-3H3,(H,33,40). The number of methoxy groups -OCH3 is 2. The monoisotopic (exact) mass is 666 g/mol. The van der Waals surface area contributed by atoms with Crippen molar-refractivity contribution in [3.05, 3.63) is 99.5 Å². The largest absolute Gasteiger partial charge is 0.497 e. The van der Waals surface area contributed by atoms with Gasteiger partial charge >= 0.3 is 0 Å². The molecule has 1 aliphatic heterocycles. The Morgan fingerprint density at radius 3 is 2.35 bits per heavy atom. The Balaban J connectivity index is 1.26. The third-order valence-electron chi connectivity index (χ3n) is 6.87. The lowest BCUT2D eigenvalue weighted by Crippen LogP contribution is -2.28. The molecule has 4 aromatic rings. The summed E-state index contributed by atoms with van der Waals surface area (Å²) in [4.78, 5) is 26.3. The molecule has 1 aromatic heterocycles. The van der Waals surface area contributed by atoms with Gasteiger partial charge in [-0.25, -0.2) is 9.40 Å². The second-order valence-electron chi connectivity index (χ2n) is 9.59. The van der Waals surface area contributed by atoms with Crippen LogP contribution in [0, 0.1) is 5.82 Å². The molecule has 0 radical (unpaired) electrons. The third kappa shape index (κ3) is 7.05. The van der Waals surface area contributed by atoms with Gasteiger partial charge < -0.3 is 19.4 Å². The fraction of sp³-hybridized carbons (Fsp3) is 0.233. The molecule has 13 heteroatoms. The number of hydrogen-bond acceptors (Lipinski definition) is 8. The van der Waals surface area contributed by atoms with Crippen LogP contribution in [0.3, 0.4) is 0 Å². The first-order valence-corrected chi connectivity index (χ1v) is 15.0. The van der Waals surface area contributed by atoms with Crippen LogP contribution in [-0.4, -0.2) is 57.3 Å². The van der Waals surface area contributed by atoms with Crippen molar-refractivity contribution in [2.45, 2.75) is 24.2 Å². The Hall–Kier alpha value is -4.23. The number of carbonyl (C=O) groups is 2. The number of thioether (sulfide) groups is 1. The second kappa shape index (κ2) is 13.4. The Bertz CT molecular complexity index is 1640. The van der Waals surface area contributed by atoms with Crippen LogP contribution in [0.5, 0.6) is 11.5 Å². The molecule has 1 unspecified atom stereocenters. The average molecular weight is 668 g/mol. The summed E-state index contributed by atoms with van der Waals surface area (Å²) in [6, 6.07) is 18.4. The van der Waals surface area contributed by atoms with Crippen molar-refractivity contribution in [2.24, 2.45) is 12.1 Å². The molecule has 222 valence electrons. The average Bonchev–Trinajstić information content (AvgIpc) is 3.62. The maximum absolute atomic E-state index is 13.6. The lowest BCUT2D eigenvalue weighted by atomic mass is 9.98. The summed E-state index contributed by atoms with van der Waals surface area (Å²) >= 11 is 4.67. The zero-order chi connectivity index (χ0) is 30.5. The van der Waals surface area contributed by atoms with Crippen LogP contribution in [0.25, 0.3) is 0 Å². The van der Waals surface area contributed by atoms with Gasteiger partial charge in [-0.2, -0.15) is 5.10 Å². The molecule has 10 nitrogen and oxygen atoms in total. The molecular formula is C30H28BrFN6O4S. The summed E-state index contributed by atoms with van der Waals surface area (Å²) in [7, 11) is 4.80.